The van der Waals surface area contributed by atoms with Crippen molar-refractivity contribution in [3.8, 4) is 16.8 Å². The summed E-state index contributed by atoms with van der Waals surface area (Å²) in [6.07, 6.45) is 8.18. The number of hydrogen-bond acceptors (Lipinski definition) is 1. The van der Waals surface area contributed by atoms with Crippen LogP contribution in [0.3, 0.4) is 0 Å². The molecule has 0 aliphatic carbocycles. The van der Waals surface area contributed by atoms with Gasteiger partial charge in [-0.1, -0.05) is 42.5 Å². The SMILES string of the molecule is C=C/C(=C\C=C\C)N(c1ccc(-c2cc[c]([GeH]([c]3ccccc3)[c]3ccccc3)cc2)cc1)c1ccc2c(c1)c1ccccc1n2-c1ccccc1. The summed E-state index contributed by atoms with van der Waals surface area (Å²) >= 11 is -2.20. The largest absolute Gasteiger partial charge is 0.309 e. The van der Waals surface area contributed by atoms with Gasteiger partial charge in [0.2, 0.25) is 0 Å². The second-order valence-electron chi connectivity index (χ2n) is 13.0. The molecule has 0 spiro atoms. The molecular formula is C49H40GeN2. The van der Waals surface area contributed by atoms with E-state index in [9.17, 15) is 0 Å². The molecule has 0 aliphatic rings. The molecule has 3 heteroatoms. The van der Waals surface area contributed by atoms with Crippen LogP contribution < -0.4 is 18.1 Å². The van der Waals surface area contributed by atoms with Crippen LogP contribution in [0, 0.1) is 0 Å². The monoisotopic (exact) mass is 730 g/mol. The summed E-state index contributed by atoms with van der Waals surface area (Å²) in [5.74, 6) is 0. The van der Waals surface area contributed by atoms with Crippen LogP contribution in [-0.4, -0.2) is 18.9 Å². The maximum atomic E-state index is 4.23. The van der Waals surface area contributed by atoms with Gasteiger partial charge >= 0.3 is 218 Å². The molecular weight excluding hydrogens is 689 g/mol. The van der Waals surface area contributed by atoms with Crippen molar-refractivity contribution in [3.63, 3.8) is 0 Å². The van der Waals surface area contributed by atoms with Crippen LogP contribution in [-0.2, 0) is 0 Å². The van der Waals surface area contributed by atoms with Gasteiger partial charge in [-0.2, -0.15) is 0 Å². The first-order valence-corrected chi connectivity index (χ1v) is 21.5. The number of para-hydroxylation sites is 2. The molecule has 8 aromatic rings. The summed E-state index contributed by atoms with van der Waals surface area (Å²) in [4.78, 5) is 2.30. The Morgan fingerprint density at radius 3 is 1.67 bits per heavy atom. The molecule has 2 nitrogen and oxygen atoms in total. The normalized spacial score (nSPS) is 11.8. The van der Waals surface area contributed by atoms with Gasteiger partial charge in [0.25, 0.3) is 0 Å². The number of aromatic nitrogens is 1. The second kappa shape index (κ2) is 15.0. The minimum atomic E-state index is -2.20. The Morgan fingerprint density at radius 1 is 0.538 bits per heavy atom. The summed E-state index contributed by atoms with van der Waals surface area (Å²) in [5, 5.41) is 2.44. The number of allylic oxidation sites excluding steroid dienone is 4. The van der Waals surface area contributed by atoms with Gasteiger partial charge in [-0.25, -0.2) is 0 Å². The van der Waals surface area contributed by atoms with Gasteiger partial charge < -0.3 is 4.57 Å². The standard InChI is InChI=1S/C49H40GeN2/c1-3-5-21-42(4-2)51(45-34-35-49-47(36-45)46-24-15-16-25-48(46)52(49)43-22-13-8-14-23-43)44-32-28-38(29-33-44)37-26-30-41(31-27-37)50(39-17-9-6-10-18-39)40-19-11-7-12-20-40/h3-36,50H,2H2,1H3/b5-3+,42-21+. The van der Waals surface area contributed by atoms with Crippen molar-refractivity contribution in [2.45, 2.75) is 6.92 Å². The van der Waals surface area contributed by atoms with E-state index in [-0.39, 0.29) is 0 Å². The van der Waals surface area contributed by atoms with Gasteiger partial charge in [-0.05, 0) is 25.1 Å². The Kier molecular flexibility index (Phi) is 9.55. The third-order valence-corrected chi connectivity index (χ3v) is 16.4. The van der Waals surface area contributed by atoms with Crippen molar-refractivity contribution in [3.05, 3.63) is 219 Å². The van der Waals surface area contributed by atoms with Crippen LogP contribution in [0.15, 0.2) is 219 Å². The van der Waals surface area contributed by atoms with Crippen LogP contribution >= 0.6 is 0 Å². The zero-order valence-electron chi connectivity index (χ0n) is 29.3. The zero-order chi connectivity index (χ0) is 35.3. The molecule has 1 heterocycles. The molecule has 0 atom stereocenters. The second-order valence-corrected chi connectivity index (χ2v) is 19.0. The van der Waals surface area contributed by atoms with E-state index in [1.807, 2.05) is 13.0 Å². The summed E-state index contributed by atoms with van der Waals surface area (Å²) in [6.45, 7) is 6.27. The van der Waals surface area contributed by atoms with E-state index in [2.05, 4.69) is 216 Å². The smallest absolute Gasteiger partial charge is 0.0541 e. The first-order chi connectivity index (χ1) is 25.7. The molecule has 0 radical (unpaired) electrons. The van der Waals surface area contributed by atoms with Gasteiger partial charge in [0.15, 0.2) is 0 Å². The first kappa shape index (κ1) is 33.1. The maximum absolute atomic E-state index is 4.23. The molecule has 0 aliphatic heterocycles. The average Bonchev–Trinajstić information content (AvgIpc) is 3.55. The zero-order valence-corrected chi connectivity index (χ0v) is 31.7. The van der Waals surface area contributed by atoms with Crippen molar-refractivity contribution in [1.29, 1.82) is 0 Å². The summed E-state index contributed by atoms with van der Waals surface area (Å²) in [7, 11) is 0. The van der Waals surface area contributed by atoms with Gasteiger partial charge in [-0.3, -0.25) is 0 Å². The van der Waals surface area contributed by atoms with Gasteiger partial charge in [0.1, 0.15) is 0 Å². The average molecular weight is 729 g/mol. The molecule has 52 heavy (non-hydrogen) atoms. The third kappa shape index (κ3) is 6.45. The van der Waals surface area contributed by atoms with Crippen molar-refractivity contribution < 1.29 is 0 Å². The number of fused-ring (bicyclic) bond motifs is 3. The van der Waals surface area contributed by atoms with Crippen molar-refractivity contribution in [2.75, 3.05) is 4.90 Å². The number of hydrogen-bond donors (Lipinski definition) is 0. The van der Waals surface area contributed by atoms with Crippen LogP contribution in [0.25, 0.3) is 38.6 Å². The number of rotatable bonds is 10. The van der Waals surface area contributed by atoms with Gasteiger partial charge in [0.05, 0.1) is 11.0 Å². The molecule has 0 amide bonds. The number of anilines is 2. The fourth-order valence-corrected chi connectivity index (χ4v) is 13.6. The predicted octanol–water partition coefficient (Wildman–Crippen LogP) is 10.5. The quantitative estimate of drug-likeness (QED) is 0.101. The van der Waals surface area contributed by atoms with Crippen molar-refractivity contribution in [1.82, 2.24) is 4.57 Å². The van der Waals surface area contributed by atoms with Crippen LogP contribution in [0.2, 0.25) is 0 Å². The van der Waals surface area contributed by atoms with E-state index in [1.165, 1.54) is 46.1 Å². The van der Waals surface area contributed by atoms with E-state index in [0.29, 0.717) is 0 Å². The Hall–Kier alpha value is -6.10. The molecule has 0 bridgehead atoms. The van der Waals surface area contributed by atoms with Crippen LogP contribution in [0.5, 0.6) is 0 Å². The van der Waals surface area contributed by atoms with Gasteiger partial charge in [-0.15, -0.1) is 0 Å². The molecule has 0 saturated carbocycles. The van der Waals surface area contributed by atoms with E-state index in [0.717, 1.165) is 22.8 Å². The Bertz CT molecular complexity index is 2470. The predicted molar refractivity (Wildman–Crippen MR) is 227 cm³/mol. The first-order valence-electron chi connectivity index (χ1n) is 17.9. The fraction of sp³-hybridized carbons (Fsp3) is 0.0204. The van der Waals surface area contributed by atoms with Gasteiger partial charge in [0, 0.05) is 11.1 Å². The molecule has 0 fully saturated rings. The minimum Gasteiger partial charge on any atom is -0.309 e. The summed E-state index contributed by atoms with van der Waals surface area (Å²) in [5.41, 5.74) is 9.09. The summed E-state index contributed by atoms with van der Waals surface area (Å²) in [6, 6.07) is 66.4. The van der Waals surface area contributed by atoms with E-state index >= 15 is 0 Å². The topological polar surface area (TPSA) is 8.17 Å². The van der Waals surface area contributed by atoms with Crippen LogP contribution in [0.4, 0.5) is 11.4 Å². The van der Waals surface area contributed by atoms with Crippen LogP contribution in [0.1, 0.15) is 6.92 Å². The van der Waals surface area contributed by atoms with E-state index < -0.39 is 14.3 Å². The fourth-order valence-electron chi connectivity index (χ4n) is 7.37. The molecule has 1 aromatic heterocycles. The number of benzene rings is 7. The Balaban J connectivity index is 1.17. The molecule has 250 valence electrons. The maximum Gasteiger partial charge on any atom is 0.0541 e. The van der Waals surface area contributed by atoms with E-state index in [4.69, 9.17) is 0 Å². The third-order valence-electron chi connectivity index (χ3n) is 9.82. The number of nitrogens with zero attached hydrogens (tertiary/aromatic N) is 2. The molecule has 8 rings (SSSR count). The Labute approximate surface area is 311 Å². The minimum absolute atomic E-state index is 1.00. The van der Waals surface area contributed by atoms with Crippen molar-refractivity contribution in [2.24, 2.45) is 0 Å². The Morgan fingerprint density at radius 2 is 1.06 bits per heavy atom. The summed E-state index contributed by atoms with van der Waals surface area (Å²) < 4.78 is 6.77. The molecule has 7 aromatic carbocycles. The molecule has 0 saturated heterocycles. The van der Waals surface area contributed by atoms with E-state index in [1.54, 1.807) is 0 Å². The molecule has 0 N–H and O–H groups in total. The van der Waals surface area contributed by atoms with Crippen molar-refractivity contribution >= 4 is 60.7 Å². The molecule has 0 unspecified atom stereocenters.